The molecule has 4 aliphatic carbocycles. The maximum absolute atomic E-state index is 12.8. The third-order valence-electron chi connectivity index (χ3n) is 9.64. The van der Waals surface area contributed by atoms with Gasteiger partial charge in [0, 0.05) is 5.41 Å². The van der Waals surface area contributed by atoms with Crippen molar-refractivity contribution >= 4 is 5.78 Å². The monoisotopic (exact) mass is 343 g/mol. The minimum absolute atomic E-state index is 0.0165. The van der Waals surface area contributed by atoms with Crippen LogP contribution >= 0.6 is 0 Å². The quantitative estimate of drug-likeness (QED) is 0.685. The van der Waals surface area contributed by atoms with Crippen molar-refractivity contribution in [1.29, 1.82) is 5.26 Å². The smallest absolute Gasteiger partial charge is 0.184 e. The zero-order valence-corrected chi connectivity index (χ0v) is 15.5. The topological polar surface area (TPSA) is 73.6 Å². The molecule has 0 aromatic rings. The Morgan fingerprint density at radius 1 is 1.12 bits per heavy atom. The van der Waals surface area contributed by atoms with Crippen molar-refractivity contribution in [2.75, 3.05) is 0 Å². The summed E-state index contributed by atoms with van der Waals surface area (Å²) in [5.41, 5.74) is -1.10. The van der Waals surface area contributed by atoms with Crippen LogP contribution in [-0.2, 0) is 9.53 Å². The number of rotatable bonds is 0. The van der Waals surface area contributed by atoms with Gasteiger partial charge < -0.3 is 9.84 Å². The fourth-order valence-electron chi connectivity index (χ4n) is 8.20. The van der Waals surface area contributed by atoms with E-state index < -0.39 is 11.5 Å². The molecule has 9 atom stereocenters. The van der Waals surface area contributed by atoms with Crippen LogP contribution in [0.25, 0.3) is 0 Å². The SMILES string of the molecule is C[C@]12CC[C@H]3[C@@H](CC[C@@]45O[C@]4(C)C(=O)[C@H](C#N)C[C@]35C)[C@@H]1CC[C@@H]2O. The number of nitrogens with zero attached hydrogens (tertiary/aromatic N) is 1. The molecule has 0 amide bonds. The summed E-state index contributed by atoms with van der Waals surface area (Å²) in [6.45, 7) is 6.53. The minimum atomic E-state index is -0.735. The predicted octanol–water partition coefficient (Wildman–Crippen LogP) is 3.23. The lowest BCUT2D eigenvalue weighted by molar-refractivity contribution is -0.141. The van der Waals surface area contributed by atoms with Crippen molar-refractivity contribution in [3.63, 3.8) is 0 Å². The number of fused-ring (bicyclic) bond motifs is 4. The van der Waals surface area contributed by atoms with Crippen molar-refractivity contribution < 1.29 is 14.6 Å². The van der Waals surface area contributed by atoms with Crippen LogP contribution in [0.5, 0.6) is 0 Å². The first-order valence-corrected chi connectivity index (χ1v) is 10.1. The van der Waals surface area contributed by atoms with E-state index in [0.717, 1.165) is 38.5 Å². The summed E-state index contributed by atoms with van der Waals surface area (Å²) >= 11 is 0. The number of carbonyl (C=O) groups is 1. The Morgan fingerprint density at radius 2 is 1.88 bits per heavy atom. The molecular formula is C21H29NO3. The van der Waals surface area contributed by atoms with Crippen molar-refractivity contribution in [3.8, 4) is 6.07 Å². The minimum Gasteiger partial charge on any atom is -0.393 e. The van der Waals surface area contributed by atoms with E-state index in [-0.39, 0.29) is 28.3 Å². The highest BCUT2D eigenvalue weighted by Crippen LogP contribution is 2.75. The number of aliphatic hydroxyl groups is 1. The Labute approximate surface area is 149 Å². The van der Waals surface area contributed by atoms with Crippen LogP contribution < -0.4 is 0 Å². The summed E-state index contributed by atoms with van der Waals surface area (Å²) in [6.07, 6.45) is 6.75. The van der Waals surface area contributed by atoms with Gasteiger partial charge in [0.15, 0.2) is 11.4 Å². The van der Waals surface area contributed by atoms with Gasteiger partial charge >= 0.3 is 0 Å². The number of hydrogen-bond donors (Lipinski definition) is 1. The first-order chi connectivity index (χ1) is 11.7. The lowest BCUT2D eigenvalue weighted by atomic mass is 9.43. The lowest BCUT2D eigenvalue weighted by Crippen LogP contribution is -2.61. The van der Waals surface area contributed by atoms with Gasteiger partial charge in [-0.05, 0) is 75.0 Å². The van der Waals surface area contributed by atoms with Gasteiger partial charge in [0.1, 0.15) is 11.5 Å². The average Bonchev–Trinajstić information content (AvgIpc) is 3.11. The van der Waals surface area contributed by atoms with Gasteiger partial charge in [0.25, 0.3) is 0 Å². The van der Waals surface area contributed by atoms with Gasteiger partial charge in [-0.2, -0.15) is 5.26 Å². The number of nitriles is 1. The van der Waals surface area contributed by atoms with Crippen LogP contribution in [0.2, 0.25) is 0 Å². The summed E-state index contributed by atoms with van der Waals surface area (Å²) in [4.78, 5) is 12.8. The van der Waals surface area contributed by atoms with Crippen LogP contribution in [0.15, 0.2) is 0 Å². The molecule has 0 bridgehead atoms. The molecule has 0 unspecified atom stereocenters. The summed E-state index contributed by atoms with van der Waals surface area (Å²) in [5.74, 6) is 1.19. The second-order valence-electron chi connectivity index (χ2n) is 10.2. The van der Waals surface area contributed by atoms with E-state index in [1.807, 2.05) is 6.92 Å². The van der Waals surface area contributed by atoms with E-state index >= 15 is 0 Å². The van der Waals surface area contributed by atoms with Gasteiger partial charge in [-0.15, -0.1) is 0 Å². The number of hydrogen-bond acceptors (Lipinski definition) is 4. The van der Waals surface area contributed by atoms with Gasteiger partial charge in [0.2, 0.25) is 0 Å². The van der Waals surface area contributed by atoms with Crippen LogP contribution in [0.1, 0.15) is 65.7 Å². The molecule has 5 rings (SSSR count). The Bertz CT molecular complexity index is 700. The number of epoxide rings is 1. The van der Waals surface area contributed by atoms with Crippen molar-refractivity contribution in [2.24, 2.45) is 34.5 Å². The Kier molecular flexibility index (Phi) is 2.92. The van der Waals surface area contributed by atoms with E-state index in [2.05, 4.69) is 19.9 Å². The number of ketones is 1. The molecule has 0 radical (unpaired) electrons. The van der Waals surface area contributed by atoms with E-state index in [1.165, 1.54) is 0 Å². The maximum atomic E-state index is 12.8. The normalized spacial score (nSPS) is 62.2. The summed E-state index contributed by atoms with van der Waals surface area (Å²) in [6, 6.07) is 2.28. The second kappa shape index (κ2) is 4.49. The first-order valence-electron chi connectivity index (χ1n) is 10.1. The Morgan fingerprint density at radius 3 is 2.60 bits per heavy atom. The maximum Gasteiger partial charge on any atom is 0.184 e. The molecule has 5 fully saturated rings. The first kappa shape index (κ1) is 16.3. The van der Waals surface area contributed by atoms with Gasteiger partial charge in [-0.3, -0.25) is 4.79 Å². The summed E-state index contributed by atoms with van der Waals surface area (Å²) in [7, 11) is 0. The Balaban J connectivity index is 1.55. The average molecular weight is 343 g/mol. The molecule has 1 heterocycles. The highest BCUT2D eigenvalue weighted by atomic mass is 16.6. The molecule has 4 nitrogen and oxygen atoms in total. The van der Waals surface area contributed by atoms with E-state index in [4.69, 9.17) is 4.74 Å². The standard InChI is InChI=1S/C21H29NO3/c1-18-8-7-15-13(14(18)4-5-16(18)23)6-9-21-19(15,2)10-12(11-22)17(24)20(21,3)25-21/h12-16,23H,4-10H2,1-3H3/t12-,13-,14-,15-,16-,18-,19+,20+,21-/m0/s1. The molecule has 0 aromatic heterocycles. The molecule has 0 aromatic carbocycles. The fraction of sp³-hybridized carbons (Fsp3) is 0.905. The van der Waals surface area contributed by atoms with E-state index in [9.17, 15) is 15.2 Å². The molecular weight excluding hydrogens is 314 g/mol. The third kappa shape index (κ3) is 1.56. The van der Waals surface area contributed by atoms with E-state index in [1.54, 1.807) is 0 Å². The molecule has 1 N–H and O–H groups in total. The van der Waals surface area contributed by atoms with Crippen molar-refractivity contribution in [1.82, 2.24) is 0 Å². The summed E-state index contributed by atoms with van der Waals surface area (Å²) in [5, 5.41) is 20.2. The predicted molar refractivity (Wildman–Crippen MR) is 91.3 cm³/mol. The van der Waals surface area contributed by atoms with Crippen molar-refractivity contribution in [2.45, 2.75) is 83.0 Å². The largest absolute Gasteiger partial charge is 0.393 e. The van der Waals surface area contributed by atoms with Gasteiger partial charge in [0.05, 0.1) is 12.2 Å². The second-order valence-corrected chi connectivity index (χ2v) is 10.2. The van der Waals surface area contributed by atoms with Crippen LogP contribution in [0.3, 0.4) is 0 Å². The molecule has 4 saturated carbocycles. The zero-order valence-electron chi connectivity index (χ0n) is 15.5. The molecule has 1 aliphatic heterocycles. The zero-order chi connectivity index (χ0) is 17.8. The highest BCUT2D eigenvalue weighted by Gasteiger charge is 2.84. The van der Waals surface area contributed by atoms with Crippen LogP contribution in [0.4, 0.5) is 0 Å². The Hall–Kier alpha value is -0.920. The van der Waals surface area contributed by atoms with Crippen LogP contribution in [0, 0.1) is 45.8 Å². The third-order valence-corrected chi connectivity index (χ3v) is 9.64. The van der Waals surface area contributed by atoms with Crippen molar-refractivity contribution in [3.05, 3.63) is 0 Å². The molecule has 4 heteroatoms. The number of ether oxygens (including phenoxy) is 1. The van der Waals surface area contributed by atoms with Gasteiger partial charge in [-0.1, -0.05) is 13.8 Å². The van der Waals surface area contributed by atoms with Gasteiger partial charge in [-0.25, -0.2) is 0 Å². The number of aliphatic hydroxyl groups excluding tert-OH is 1. The fourth-order valence-corrected chi connectivity index (χ4v) is 8.20. The number of carbonyl (C=O) groups excluding carboxylic acids is 1. The van der Waals surface area contributed by atoms with Crippen LogP contribution in [-0.4, -0.2) is 28.2 Å². The highest BCUT2D eigenvalue weighted by molar-refractivity contribution is 5.96. The molecule has 136 valence electrons. The molecule has 5 aliphatic rings. The molecule has 1 spiro atoms. The molecule has 25 heavy (non-hydrogen) atoms. The lowest BCUT2D eigenvalue weighted by Gasteiger charge is -2.59. The molecule has 1 saturated heterocycles. The van der Waals surface area contributed by atoms with E-state index in [0.29, 0.717) is 24.2 Å². The summed E-state index contributed by atoms with van der Waals surface area (Å²) < 4.78 is 6.26. The number of Topliss-reactive ketones (excluding diaryl/α,β-unsaturated/α-hetero) is 1.